The molecule has 1 atom stereocenters. The predicted molar refractivity (Wildman–Crippen MR) is 89.0 cm³/mol. The Labute approximate surface area is 127 Å². The maximum atomic E-state index is 5.88. The average Bonchev–Trinajstić information content (AvgIpc) is 3.20. The number of ether oxygens (including phenoxy) is 1. The van der Waals surface area contributed by atoms with Crippen LogP contribution in [0.15, 0.2) is 48.7 Å². The molecular formula is C19H16N2O. The number of nitrogens with zero attached hydrogens (tertiary/aromatic N) is 1. The second-order valence-corrected chi connectivity index (χ2v) is 5.98. The summed E-state index contributed by atoms with van der Waals surface area (Å²) in [6.45, 7) is 0.859. The molecule has 3 heterocycles. The van der Waals surface area contributed by atoms with Crippen molar-refractivity contribution in [3.63, 3.8) is 0 Å². The molecule has 3 nitrogen and oxygen atoms in total. The van der Waals surface area contributed by atoms with E-state index in [4.69, 9.17) is 9.72 Å². The van der Waals surface area contributed by atoms with Crippen molar-refractivity contribution in [1.29, 1.82) is 0 Å². The molecule has 22 heavy (non-hydrogen) atoms. The number of para-hydroxylation sites is 1. The van der Waals surface area contributed by atoms with E-state index < -0.39 is 0 Å². The molecule has 4 aromatic rings. The first kappa shape index (κ1) is 12.2. The van der Waals surface area contributed by atoms with Crippen molar-refractivity contribution < 1.29 is 4.74 Å². The number of benzene rings is 2. The molecule has 1 aliphatic heterocycles. The van der Waals surface area contributed by atoms with Crippen LogP contribution in [0, 0.1) is 0 Å². The zero-order valence-electron chi connectivity index (χ0n) is 12.2. The Bertz CT molecular complexity index is 996. The zero-order chi connectivity index (χ0) is 14.5. The lowest BCUT2D eigenvalue weighted by atomic mass is 10.0. The smallest absolute Gasteiger partial charge is 0.0979 e. The van der Waals surface area contributed by atoms with E-state index in [0.29, 0.717) is 0 Å². The number of aromatic nitrogens is 2. The van der Waals surface area contributed by atoms with Crippen LogP contribution >= 0.6 is 0 Å². The number of hydrogen-bond acceptors (Lipinski definition) is 2. The van der Waals surface area contributed by atoms with E-state index in [1.54, 1.807) is 0 Å². The highest BCUT2D eigenvalue weighted by molar-refractivity contribution is 6.12. The standard InChI is InChI=1S/C19H16N2O/c1-2-5-16-13(4-1)15-11-14-12(10-17(15)21-16)7-8-20-19(14)18-6-3-9-22-18/h1-2,4-5,7-8,10-11,18,20H,3,6,9H2. The van der Waals surface area contributed by atoms with Crippen LogP contribution in [0.5, 0.6) is 0 Å². The largest absolute Gasteiger partial charge is 0.372 e. The van der Waals surface area contributed by atoms with Gasteiger partial charge < -0.3 is 9.72 Å². The Hall–Kier alpha value is -2.39. The van der Waals surface area contributed by atoms with Crippen molar-refractivity contribution in [3.05, 3.63) is 54.4 Å². The lowest BCUT2D eigenvalue weighted by Crippen LogP contribution is -2.00. The fraction of sp³-hybridized carbons (Fsp3) is 0.211. The Morgan fingerprint density at radius 2 is 1.95 bits per heavy atom. The van der Waals surface area contributed by atoms with E-state index in [-0.39, 0.29) is 6.10 Å². The summed E-state index contributed by atoms with van der Waals surface area (Å²) in [4.78, 5) is 8.16. The minimum Gasteiger partial charge on any atom is -0.372 e. The molecule has 0 radical (unpaired) electrons. The molecule has 2 aromatic carbocycles. The van der Waals surface area contributed by atoms with Gasteiger partial charge in [0, 0.05) is 29.0 Å². The van der Waals surface area contributed by atoms with Crippen molar-refractivity contribution in [2.24, 2.45) is 0 Å². The molecule has 5 rings (SSSR count). The minimum absolute atomic E-state index is 0.190. The molecule has 0 amide bonds. The van der Waals surface area contributed by atoms with Gasteiger partial charge in [-0.25, -0.2) is 4.98 Å². The molecule has 0 bridgehead atoms. The summed E-state index contributed by atoms with van der Waals surface area (Å²) >= 11 is 0. The van der Waals surface area contributed by atoms with Gasteiger partial charge in [-0.3, -0.25) is 0 Å². The van der Waals surface area contributed by atoms with Crippen LogP contribution in [0.3, 0.4) is 0 Å². The summed E-state index contributed by atoms with van der Waals surface area (Å²) in [5.74, 6) is 0. The van der Waals surface area contributed by atoms with Gasteiger partial charge in [0.05, 0.1) is 22.8 Å². The van der Waals surface area contributed by atoms with Crippen molar-refractivity contribution in [2.45, 2.75) is 18.9 Å². The van der Waals surface area contributed by atoms with Crippen molar-refractivity contribution in [1.82, 2.24) is 9.97 Å². The van der Waals surface area contributed by atoms with E-state index in [1.807, 2.05) is 12.3 Å². The van der Waals surface area contributed by atoms with Gasteiger partial charge in [0.2, 0.25) is 0 Å². The molecular weight excluding hydrogens is 272 g/mol. The van der Waals surface area contributed by atoms with Crippen molar-refractivity contribution in [2.75, 3.05) is 6.61 Å². The van der Waals surface area contributed by atoms with Gasteiger partial charge in [-0.05, 0) is 42.5 Å². The molecule has 108 valence electrons. The van der Waals surface area contributed by atoms with Crippen LogP contribution in [0.1, 0.15) is 24.6 Å². The van der Waals surface area contributed by atoms with Gasteiger partial charge in [0.15, 0.2) is 0 Å². The molecule has 1 N–H and O–H groups in total. The Balaban J connectivity index is 1.86. The second kappa shape index (κ2) is 4.55. The van der Waals surface area contributed by atoms with Gasteiger partial charge in [-0.2, -0.15) is 0 Å². The predicted octanol–water partition coefficient (Wildman–Crippen LogP) is 4.72. The van der Waals surface area contributed by atoms with Gasteiger partial charge >= 0.3 is 0 Å². The summed E-state index contributed by atoms with van der Waals surface area (Å²) in [5.41, 5.74) is 3.33. The molecule has 0 saturated carbocycles. The average molecular weight is 288 g/mol. The fourth-order valence-electron chi connectivity index (χ4n) is 3.58. The number of rotatable bonds is 1. The highest BCUT2D eigenvalue weighted by atomic mass is 16.5. The number of nitrogens with one attached hydrogen (secondary N) is 1. The third-order valence-corrected chi connectivity index (χ3v) is 4.65. The summed E-state index contributed by atoms with van der Waals surface area (Å²) in [6, 6.07) is 14.9. The molecule has 0 spiro atoms. The number of hydrogen-bond donors (Lipinski definition) is 1. The molecule has 0 aliphatic carbocycles. The molecule has 1 aliphatic rings. The monoisotopic (exact) mass is 288 g/mol. The zero-order valence-corrected chi connectivity index (χ0v) is 12.2. The normalized spacial score (nSPS) is 18.6. The Morgan fingerprint density at radius 1 is 1.00 bits per heavy atom. The first-order valence-corrected chi connectivity index (χ1v) is 7.81. The van der Waals surface area contributed by atoms with Gasteiger partial charge in [0.25, 0.3) is 0 Å². The Morgan fingerprint density at radius 3 is 2.86 bits per heavy atom. The lowest BCUT2D eigenvalue weighted by Gasteiger charge is -2.13. The first-order chi connectivity index (χ1) is 10.9. The fourth-order valence-corrected chi connectivity index (χ4v) is 3.58. The quantitative estimate of drug-likeness (QED) is 0.550. The van der Waals surface area contributed by atoms with Crippen LogP contribution in [0.25, 0.3) is 32.6 Å². The van der Waals surface area contributed by atoms with Crippen LogP contribution in [0.2, 0.25) is 0 Å². The topological polar surface area (TPSA) is 37.9 Å². The van der Waals surface area contributed by atoms with Gasteiger partial charge in [-0.1, -0.05) is 18.2 Å². The first-order valence-electron chi connectivity index (χ1n) is 7.81. The third-order valence-electron chi connectivity index (χ3n) is 4.65. The lowest BCUT2D eigenvalue weighted by molar-refractivity contribution is 0.110. The van der Waals surface area contributed by atoms with Crippen LogP contribution in [-0.2, 0) is 4.74 Å². The minimum atomic E-state index is 0.190. The second-order valence-electron chi connectivity index (χ2n) is 5.98. The molecule has 1 saturated heterocycles. The summed E-state index contributed by atoms with van der Waals surface area (Å²) in [7, 11) is 0. The molecule has 1 fully saturated rings. The Kier molecular flexibility index (Phi) is 2.52. The number of aromatic amines is 1. The number of fused-ring (bicyclic) bond motifs is 4. The summed E-state index contributed by atoms with van der Waals surface area (Å²) in [6.07, 6.45) is 4.43. The van der Waals surface area contributed by atoms with Crippen molar-refractivity contribution >= 4 is 32.6 Å². The van der Waals surface area contributed by atoms with E-state index in [9.17, 15) is 0 Å². The van der Waals surface area contributed by atoms with E-state index in [2.05, 4.69) is 41.4 Å². The highest BCUT2D eigenvalue weighted by Gasteiger charge is 2.21. The van der Waals surface area contributed by atoms with Crippen LogP contribution in [0.4, 0.5) is 0 Å². The molecule has 3 heteroatoms. The van der Waals surface area contributed by atoms with E-state index in [0.717, 1.165) is 30.5 Å². The summed E-state index contributed by atoms with van der Waals surface area (Å²) < 4.78 is 5.88. The van der Waals surface area contributed by atoms with Gasteiger partial charge in [-0.15, -0.1) is 0 Å². The van der Waals surface area contributed by atoms with E-state index in [1.165, 1.54) is 27.2 Å². The number of pyridine rings is 1. The molecule has 2 aromatic heterocycles. The van der Waals surface area contributed by atoms with Crippen LogP contribution < -0.4 is 0 Å². The summed E-state index contributed by atoms with van der Waals surface area (Å²) in [5, 5.41) is 4.92. The SMILES string of the molecule is c1ccc2c(c1)nc1cc3cc[nH]c(C4CCCO4)c3cc12. The van der Waals surface area contributed by atoms with E-state index >= 15 is 0 Å². The highest BCUT2D eigenvalue weighted by Crippen LogP contribution is 2.35. The van der Waals surface area contributed by atoms with Gasteiger partial charge in [0.1, 0.15) is 0 Å². The number of H-pyrrole nitrogens is 1. The maximum absolute atomic E-state index is 5.88. The maximum Gasteiger partial charge on any atom is 0.0979 e. The van der Waals surface area contributed by atoms with Crippen LogP contribution in [-0.4, -0.2) is 16.6 Å². The van der Waals surface area contributed by atoms with Crippen molar-refractivity contribution in [3.8, 4) is 0 Å². The third kappa shape index (κ3) is 1.69. The molecule has 1 unspecified atom stereocenters.